The van der Waals surface area contributed by atoms with E-state index in [2.05, 4.69) is 37.3 Å². The Morgan fingerprint density at radius 3 is 1.87 bits per heavy atom. The van der Waals surface area contributed by atoms with Crippen LogP contribution < -0.4 is 4.74 Å². The average molecular weight is 343 g/mol. The summed E-state index contributed by atoms with van der Waals surface area (Å²) in [6, 6.07) is 19.9. The Hall–Kier alpha value is -1.96. The van der Waals surface area contributed by atoms with Crippen LogP contribution in [0.1, 0.15) is 5.56 Å². The van der Waals surface area contributed by atoms with E-state index >= 15 is 0 Å². The molecule has 3 heteroatoms. The topological polar surface area (TPSA) is 9.23 Å². The van der Waals surface area contributed by atoms with Crippen molar-refractivity contribution >= 4 is 23.2 Å². The van der Waals surface area contributed by atoms with Crippen molar-refractivity contribution in [2.24, 2.45) is 0 Å². The van der Waals surface area contributed by atoms with Crippen molar-refractivity contribution in [2.75, 3.05) is 7.11 Å². The van der Waals surface area contributed by atoms with Gasteiger partial charge in [0.05, 0.1) is 7.11 Å². The van der Waals surface area contributed by atoms with Crippen LogP contribution in [0.15, 0.2) is 60.7 Å². The van der Waals surface area contributed by atoms with Crippen molar-refractivity contribution in [3.05, 3.63) is 76.3 Å². The van der Waals surface area contributed by atoms with Crippen molar-refractivity contribution in [1.29, 1.82) is 0 Å². The number of ether oxygens (including phenoxy) is 1. The fourth-order valence-corrected chi connectivity index (χ4v) is 3.27. The van der Waals surface area contributed by atoms with Gasteiger partial charge in [-0.25, -0.2) is 0 Å². The Kier molecular flexibility index (Phi) is 4.61. The molecule has 0 aliphatic rings. The highest BCUT2D eigenvalue weighted by Crippen LogP contribution is 2.34. The quantitative estimate of drug-likeness (QED) is 0.518. The predicted molar refractivity (Wildman–Crippen MR) is 98.6 cm³/mol. The highest BCUT2D eigenvalue weighted by molar-refractivity contribution is 6.35. The van der Waals surface area contributed by atoms with Gasteiger partial charge in [-0.1, -0.05) is 53.5 Å². The Bertz CT molecular complexity index is 819. The Morgan fingerprint density at radius 2 is 1.30 bits per heavy atom. The molecular formula is C20H16Cl2O. The summed E-state index contributed by atoms with van der Waals surface area (Å²) in [7, 11) is 1.67. The smallest absolute Gasteiger partial charge is 0.118 e. The van der Waals surface area contributed by atoms with Crippen LogP contribution in [-0.2, 0) is 0 Å². The lowest BCUT2D eigenvalue weighted by molar-refractivity contribution is 0.415. The molecule has 0 saturated carbocycles. The summed E-state index contributed by atoms with van der Waals surface area (Å²) in [5.74, 6) is 0.851. The predicted octanol–water partition coefficient (Wildman–Crippen LogP) is 6.64. The van der Waals surface area contributed by atoms with E-state index < -0.39 is 0 Å². The number of hydrogen-bond donors (Lipinski definition) is 0. The largest absolute Gasteiger partial charge is 0.497 e. The van der Waals surface area contributed by atoms with Crippen molar-refractivity contribution in [1.82, 2.24) is 0 Å². The zero-order valence-corrected chi connectivity index (χ0v) is 14.4. The van der Waals surface area contributed by atoms with Gasteiger partial charge < -0.3 is 4.74 Å². The third-order valence-electron chi connectivity index (χ3n) is 3.91. The molecule has 0 saturated heterocycles. The van der Waals surface area contributed by atoms with E-state index in [9.17, 15) is 0 Å². The molecule has 1 nitrogen and oxygen atoms in total. The van der Waals surface area contributed by atoms with Crippen molar-refractivity contribution in [3.63, 3.8) is 0 Å². The lowest BCUT2D eigenvalue weighted by Crippen LogP contribution is -1.89. The van der Waals surface area contributed by atoms with E-state index in [-0.39, 0.29) is 0 Å². The molecule has 3 rings (SSSR count). The van der Waals surface area contributed by atoms with E-state index in [4.69, 9.17) is 27.9 Å². The van der Waals surface area contributed by atoms with E-state index in [0.717, 1.165) is 22.4 Å². The van der Waals surface area contributed by atoms with Crippen LogP contribution in [0.5, 0.6) is 5.75 Å². The van der Waals surface area contributed by atoms with Crippen LogP contribution in [0, 0.1) is 6.92 Å². The number of benzene rings is 3. The van der Waals surface area contributed by atoms with Crippen LogP contribution in [0.2, 0.25) is 10.0 Å². The highest BCUT2D eigenvalue weighted by atomic mass is 35.5. The number of hydrogen-bond acceptors (Lipinski definition) is 1. The lowest BCUT2D eigenvalue weighted by atomic mass is 9.93. The highest BCUT2D eigenvalue weighted by Gasteiger charge is 2.09. The molecule has 3 aromatic rings. The third-order valence-corrected chi connectivity index (χ3v) is 4.34. The monoisotopic (exact) mass is 342 g/mol. The normalized spacial score (nSPS) is 10.6. The zero-order chi connectivity index (χ0) is 16.4. The second-order valence-electron chi connectivity index (χ2n) is 5.36. The molecule has 0 bridgehead atoms. The first-order chi connectivity index (χ1) is 11.1. The first kappa shape index (κ1) is 15.9. The van der Waals surface area contributed by atoms with Gasteiger partial charge in [0.15, 0.2) is 0 Å². The zero-order valence-electron chi connectivity index (χ0n) is 12.9. The van der Waals surface area contributed by atoms with E-state index in [1.165, 1.54) is 11.1 Å². The number of methoxy groups -OCH3 is 1. The van der Waals surface area contributed by atoms with Gasteiger partial charge in [0.25, 0.3) is 0 Å². The lowest BCUT2D eigenvalue weighted by Gasteiger charge is -2.13. The maximum Gasteiger partial charge on any atom is 0.118 e. The summed E-state index contributed by atoms with van der Waals surface area (Å²) in [6.45, 7) is 2.11. The molecule has 0 spiro atoms. The second-order valence-corrected chi connectivity index (χ2v) is 6.24. The maximum absolute atomic E-state index is 6.14. The van der Waals surface area contributed by atoms with Crippen molar-refractivity contribution in [3.8, 4) is 28.0 Å². The van der Waals surface area contributed by atoms with Crippen molar-refractivity contribution in [2.45, 2.75) is 6.92 Å². The molecule has 0 radical (unpaired) electrons. The summed E-state index contributed by atoms with van der Waals surface area (Å²) in [5.41, 5.74) is 5.67. The van der Waals surface area contributed by atoms with Crippen LogP contribution in [0.4, 0.5) is 0 Å². The molecule has 3 aromatic carbocycles. The number of rotatable bonds is 3. The molecular weight excluding hydrogens is 327 g/mol. The molecule has 0 fully saturated rings. The first-order valence-electron chi connectivity index (χ1n) is 7.29. The first-order valence-corrected chi connectivity index (χ1v) is 8.04. The SMILES string of the molecule is COc1ccc(-c2cccc(-c3cc(Cl)cc(Cl)c3)c2C)cc1. The van der Waals surface area contributed by atoms with Gasteiger partial charge >= 0.3 is 0 Å². The molecule has 116 valence electrons. The molecule has 0 aromatic heterocycles. The molecule has 0 N–H and O–H groups in total. The Balaban J connectivity index is 2.10. The summed E-state index contributed by atoms with van der Waals surface area (Å²) in [6.07, 6.45) is 0. The summed E-state index contributed by atoms with van der Waals surface area (Å²) < 4.78 is 5.23. The average Bonchev–Trinajstić information content (AvgIpc) is 2.54. The van der Waals surface area contributed by atoms with Gasteiger partial charge in [-0.05, 0) is 65.1 Å². The van der Waals surface area contributed by atoms with Crippen LogP contribution in [0.25, 0.3) is 22.3 Å². The summed E-state index contributed by atoms with van der Waals surface area (Å²) in [4.78, 5) is 0. The fourth-order valence-electron chi connectivity index (χ4n) is 2.74. The van der Waals surface area contributed by atoms with Gasteiger partial charge in [0, 0.05) is 10.0 Å². The van der Waals surface area contributed by atoms with E-state index in [0.29, 0.717) is 10.0 Å². The Morgan fingerprint density at radius 1 is 0.739 bits per heavy atom. The van der Waals surface area contributed by atoms with Crippen LogP contribution in [-0.4, -0.2) is 7.11 Å². The number of halogens is 2. The Labute approximate surface area is 146 Å². The molecule has 0 aliphatic heterocycles. The van der Waals surface area contributed by atoms with E-state index in [1.807, 2.05) is 24.3 Å². The summed E-state index contributed by atoms with van der Waals surface area (Å²) in [5, 5.41) is 1.28. The standard InChI is InChI=1S/C20H16Cl2O/c1-13-19(14-6-8-18(23-2)9-7-14)4-3-5-20(13)15-10-16(21)12-17(22)11-15/h3-12H,1-2H3. The maximum atomic E-state index is 6.14. The minimum atomic E-state index is 0.641. The van der Waals surface area contributed by atoms with Gasteiger partial charge in [0.2, 0.25) is 0 Å². The van der Waals surface area contributed by atoms with Gasteiger partial charge in [-0.3, -0.25) is 0 Å². The summed E-state index contributed by atoms with van der Waals surface area (Å²) >= 11 is 12.3. The molecule has 23 heavy (non-hydrogen) atoms. The second kappa shape index (κ2) is 6.66. The molecule has 0 amide bonds. The minimum absolute atomic E-state index is 0.641. The van der Waals surface area contributed by atoms with Gasteiger partial charge in [-0.2, -0.15) is 0 Å². The van der Waals surface area contributed by atoms with Gasteiger partial charge in [-0.15, -0.1) is 0 Å². The molecule has 0 unspecified atom stereocenters. The molecule has 0 atom stereocenters. The minimum Gasteiger partial charge on any atom is -0.497 e. The molecule has 0 aliphatic carbocycles. The van der Waals surface area contributed by atoms with Crippen LogP contribution >= 0.6 is 23.2 Å². The van der Waals surface area contributed by atoms with E-state index in [1.54, 1.807) is 13.2 Å². The third kappa shape index (κ3) is 3.36. The van der Waals surface area contributed by atoms with Gasteiger partial charge in [0.1, 0.15) is 5.75 Å². The van der Waals surface area contributed by atoms with Crippen molar-refractivity contribution < 1.29 is 4.74 Å². The fraction of sp³-hybridized carbons (Fsp3) is 0.100. The molecule has 0 heterocycles. The van der Waals surface area contributed by atoms with Crippen LogP contribution in [0.3, 0.4) is 0 Å².